The van der Waals surface area contributed by atoms with Crippen molar-refractivity contribution in [3.8, 4) is 11.6 Å². The molecule has 0 saturated heterocycles. The minimum absolute atomic E-state index is 0.149. The van der Waals surface area contributed by atoms with Crippen LogP contribution in [0.3, 0.4) is 0 Å². The lowest BCUT2D eigenvalue weighted by Crippen LogP contribution is -2.21. The number of hydrogen-bond donors (Lipinski definition) is 2. The zero-order valence-electron chi connectivity index (χ0n) is 11.5. The Balaban J connectivity index is 2.41. The Bertz CT molecular complexity index is 668. The van der Waals surface area contributed by atoms with Crippen molar-refractivity contribution in [2.75, 3.05) is 11.9 Å². The van der Waals surface area contributed by atoms with Gasteiger partial charge in [-0.3, -0.25) is 5.32 Å². The number of nitrogens with one attached hydrogen (secondary N) is 1. The first-order valence-electron chi connectivity index (χ1n) is 6.19. The lowest BCUT2D eigenvalue weighted by Gasteiger charge is -2.07. The molecule has 22 heavy (non-hydrogen) atoms. The number of urea groups is 1. The molecule has 0 aliphatic rings. The van der Waals surface area contributed by atoms with Crippen LogP contribution in [0.2, 0.25) is 0 Å². The van der Waals surface area contributed by atoms with E-state index in [-0.39, 0.29) is 17.3 Å². The summed E-state index contributed by atoms with van der Waals surface area (Å²) in [7, 11) is 0. The van der Waals surface area contributed by atoms with Crippen LogP contribution < -0.4 is 15.8 Å². The van der Waals surface area contributed by atoms with Crippen molar-refractivity contribution in [1.29, 1.82) is 0 Å². The van der Waals surface area contributed by atoms with Gasteiger partial charge in [0.2, 0.25) is 5.88 Å². The summed E-state index contributed by atoms with van der Waals surface area (Å²) in [6.45, 7) is -0.000917. The summed E-state index contributed by atoms with van der Waals surface area (Å²) in [6, 6.07) is 7.69. The fourth-order valence-electron chi connectivity index (χ4n) is 1.78. The van der Waals surface area contributed by atoms with Crippen molar-refractivity contribution in [2.45, 2.75) is 13.1 Å². The van der Waals surface area contributed by atoms with Gasteiger partial charge in [0, 0.05) is 0 Å². The van der Waals surface area contributed by atoms with Crippen LogP contribution in [0.5, 0.6) is 5.88 Å². The molecule has 2 amide bonds. The van der Waals surface area contributed by atoms with E-state index in [0.29, 0.717) is 5.69 Å². The third-order valence-corrected chi connectivity index (χ3v) is 2.69. The average Bonchev–Trinajstić information content (AvgIpc) is 2.74. The molecule has 0 radical (unpaired) electrons. The Hall–Kier alpha value is -2.71. The number of benzene rings is 1. The highest BCUT2D eigenvalue weighted by molar-refractivity contribution is 5.88. The van der Waals surface area contributed by atoms with E-state index in [2.05, 4.69) is 15.2 Å². The van der Waals surface area contributed by atoms with Crippen molar-refractivity contribution < 1.29 is 22.7 Å². The summed E-state index contributed by atoms with van der Waals surface area (Å²) < 4.78 is 42.7. The molecule has 1 aromatic carbocycles. The number of hydrogen-bond acceptors (Lipinski definition) is 3. The Morgan fingerprint density at radius 1 is 1.36 bits per heavy atom. The zero-order valence-corrected chi connectivity index (χ0v) is 11.5. The fourth-order valence-corrected chi connectivity index (χ4v) is 1.78. The van der Waals surface area contributed by atoms with Crippen LogP contribution in [0.4, 0.5) is 23.8 Å². The van der Waals surface area contributed by atoms with E-state index in [1.54, 1.807) is 30.3 Å². The lowest BCUT2D eigenvalue weighted by molar-refractivity contribution is -0.154. The van der Waals surface area contributed by atoms with E-state index >= 15 is 0 Å². The highest BCUT2D eigenvalue weighted by Gasteiger charge is 2.30. The summed E-state index contributed by atoms with van der Waals surface area (Å²) in [5.41, 5.74) is 5.86. The molecule has 0 fully saturated rings. The van der Waals surface area contributed by atoms with Gasteiger partial charge in [0.1, 0.15) is 5.82 Å². The number of halogens is 3. The van der Waals surface area contributed by atoms with Crippen LogP contribution >= 0.6 is 0 Å². The van der Waals surface area contributed by atoms with E-state index in [4.69, 9.17) is 5.73 Å². The first kappa shape index (κ1) is 15.7. The van der Waals surface area contributed by atoms with Crippen molar-refractivity contribution >= 4 is 11.8 Å². The number of rotatable bonds is 4. The van der Waals surface area contributed by atoms with Crippen LogP contribution in [-0.4, -0.2) is 28.6 Å². The predicted octanol–water partition coefficient (Wildman–Crippen LogP) is 2.61. The van der Waals surface area contributed by atoms with E-state index in [9.17, 15) is 18.0 Å². The van der Waals surface area contributed by atoms with Crippen molar-refractivity contribution in [3.63, 3.8) is 0 Å². The summed E-state index contributed by atoms with van der Waals surface area (Å²) in [6.07, 6.45) is -4.49. The van der Waals surface area contributed by atoms with Gasteiger partial charge in [-0.2, -0.15) is 13.2 Å². The number of aromatic nitrogens is 2. The van der Waals surface area contributed by atoms with Crippen molar-refractivity contribution in [3.05, 3.63) is 35.9 Å². The number of para-hydroxylation sites is 1. The molecule has 2 aromatic rings. The molecule has 6 nitrogen and oxygen atoms in total. The van der Waals surface area contributed by atoms with Gasteiger partial charge in [0.05, 0.1) is 11.3 Å². The SMILES string of the molecule is Cc1c(OCC(F)(F)F)nn(-c2ccccc2)c1NC(N)=O. The minimum Gasteiger partial charge on any atom is -0.467 e. The topological polar surface area (TPSA) is 82.2 Å². The molecule has 0 aliphatic heterocycles. The zero-order chi connectivity index (χ0) is 16.3. The predicted molar refractivity (Wildman–Crippen MR) is 73.1 cm³/mol. The molecule has 0 bridgehead atoms. The Kier molecular flexibility index (Phi) is 4.25. The molecular formula is C13H13F3N4O2. The first-order valence-corrected chi connectivity index (χ1v) is 6.19. The van der Waals surface area contributed by atoms with Gasteiger partial charge in [-0.15, -0.1) is 5.10 Å². The normalized spacial score (nSPS) is 11.3. The molecular weight excluding hydrogens is 301 g/mol. The van der Waals surface area contributed by atoms with Gasteiger partial charge < -0.3 is 10.5 Å². The maximum atomic E-state index is 12.3. The van der Waals surface area contributed by atoms with E-state index in [1.807, 2.05) is 0 Å². The monoisotopic (exact) mass is 314 g/mol. The van der Waals surface area contributed by atoms with Gasteiger partial charge >= 0.3 is 12.2 Å². The molecule has 0 aliphatic carbocycles. The maximum Gasteiger partial charge on any atom is 0.422 e. The number of amides is 2. The number of carbonyl (C=O) groups is 1. The third kappa shape index (κ3) is 3.68. The second-order valence-electron chi connectivity index (χ2n) is 4.42. The van der Waals surface area contributed by atoms with Crippen LogP contribution in [0, 0.1) is 6.92 Å². The van der Waals surface area contributed by atoms with Crippen LogP contribution in [0.1, 0.15) is 5.56 Å². The Labute approximate surface area is 123 Å². The standard InChI is InChI=1S/C13H13F3N4O2/c1-8-10(18-12(17)21)20(9-5-3-2-4-6-9)19-11(8)22-7-13(14,15)16/h2-6H,7H2,1H3,(H3,17,18,21). The summed E-state index contributed by atoms with van der Waals surface area (Å²) in [4.78, 5) is 11.1. The molecule has 0 unspecified atom stereocenters. The van der Waals surface area contributed by atoms with Gasteiger partial charge in [-0.1, -0.05) is 18.2 Å². The second-order valence-corrected chi connectivity index (χ2v) is 4.42. The molecule has 2 rings (SSSR count). The number of ether oxygens (including phenoxy) is 1. The largest absolute Gasteiger partial charge is 0.467 e. The van der Waals surface area contributed by atoms with Gasteiger partial charge in [0.15, 0.2) is 6.61 Å². The summed E-state index contributed by atoms with van der Waals surface area (Å²) in [5.74, 6) is -0.0826. The molecule has 118 valence electrons. The van der Waals surface area contributed by atoms with Gasteiger partial charge in [-0.05, 0) is 19.1 Å². The molecule has 0 spiro atoms. The molecule has 1 aromatic heterocycles. The third-order valence-electron chi connectivity index (χ3n) is 2.69. The first-order chi connectivity index (χ1) is 10.3. The number of alkyl halides is 3. The van der Waals surface area contributed by atoms with E-state index in [0.717, 1.165) is 0 Å². The Morgan fingerprint density at radius 3 is 2.55 bits per heavy atom. The smallest absolute Gasteiger partial charge is 0.422 e. The minimum atomic E-state index is -4.49. The summed E-state index contributed by atoms with van der Waals surface area (Å²) in [5, 5.41) is 6.30. The molecule has 1 heterocycles. The number of carbonyl (C=O) groups excluding carboxylic acids is 1. The molecule has 0 saturated carbocycles. The molecule has 0 atom stereocenters. The van der Waals surface area contributed by atoms with Crippen molar-refractivity contribution in [2.24, 2.45) is 5.73 Å². The van der Waals surface area contributed by atoms with E-state index < -0.39 is 18.8 Å². The fraction of sp³-hybridized carbons (Fsp3) is 0.231. The quantitative estimate of drug-likeness (QED) is 0.910. The van der Waals surface area contributed by atoms with E-state index in [1.165, 1.54) is 11.6 Å². The number of nitrogens with zero attached hydrogens (tertiary/aromatic N) is 2. The highest BCUT2D eigenvalue weighted by Crippen LogP contribution is 2.29. The second kappa shape index (κ2) is 5.96. The Morgan fingerprint density at radius 2 is 2.00 bits per heavy atom. The lowest BCUT2D eigenvalue weighted by atomic mass is 10.3. The number of anilines is 1. The van der Waals surface area contributed by atoms with Crippen molar-refractivity contribution in [1.82, 2.24) is 9.78 Å². The van der Waals surface area contributed by atoms with Gasteiger partial charge in [-0.25, -0.2) is 9.48 Å². The van der Waals surface area contributed by atoms with Crippen LogP contribution in [-0.2, 0) is 0 Å². The average molecular weight is 314 g/mol. The van der Waals surface area contributed by atoms with Gasteiger partial charge in [0.25, 0.3) is 0 Å². The van der Waals surface area contributed by atoms with Crippen LogP contribution in [0.25, 0.3) is 5.69 Å². The molecule has 9 heteroatoms. The maximum absolute atomic E-state index is 12.3. The highest BCUT2D eigenvalue weighted by atomic mass is 19.4. The molecule has 3 N–H and O–H groups in total. The number of nitrogens with two attached hydrogens (primary N) is 1. The van der Waals surface area contributed by atoms with Crippen LogP contribution in [0.15, 0.2) is 30.3 Å². The number of primary amides is 1. The summed E-state index contributed by atoms with van der Waals surface area (Å²) >= 11 is 0.